The van der Waals surface area contributed by atoms with Crippen molar-refractivity contribution < 1.29 is 14.3 Å². The molecule has 0 unspecified atom stereocenters. The van der Waals surface area contributed by atoms with Crippen molar-refractivity contribution in [2.45, 2.75) is 46.1 Å². The second-order valence-corrected chi connectivity index (χ2v) is 9.14. The van der Waals surface area contributed by atoms with Crippen LogP contribution < -0.4 is 10.1 Å². The average Bonchev–Trinajstić information content (AvgIpc) is 3.49. The fourth-order valence-corrected chi connectivity index (χ4v) is 4.84. The van der Waals surface area contributed by atoms with Crippen molar-refractivity contribution in [3.63, 3.8) is 0 Å². The number of piperidine rings is 1. The molecule has 9 heteroatoms. The molecule has 0 aliphatic carbocycles. The molecule has 1 saturated heterocycles. The molecule has 0 radical (unpaired) electrons. The summed E-state index contributed by atoms with van der Waals surface area (Å²) in [6, 6.07) is 7.63. The van der Waals surface area contributed by atoms with Gasteiger partial charge in [-0.2, -0.15) is 5.10 Å². The standard InChI is InChI=1S/C24H29N5O3S/c1-4-29-21(7-10-25-29)27-23(31)20-15-33-24(26-20)18-8-11-28(12-9-18)22(30)14-32-19-6-5-16(2)17(3)13-19/h5-7,10,13,15,18H,4,8-9,11-12,14H2,1-3H3,(H,27,31). The molecule has 0 bridgehead atoms. The Hall–Kier alpha value is -3.20. The predicted octanol–water partition coefficient (Wildman–Crippen LogP) is 4.01. The van der Waals surface area contributed by atoms with Gasteiger partial charge in [0.1, 0.15) is 17.3 Å². The van der Waals surface area contributed by atoms with E-state index >= 15 is 0 Å². The first-order valence-electron chi connectivity index (χ1n) is 11.2. The second kappa shape index (κ2) is 10.2. The number of rotatable bonds is 7. The van der Waals surface area contributed by atoms with Crippen molar-refractivity contribution in [1.82, 2.24) is 19.7 Å². The third-order valence-electron chi connectivity index (χ3n) is 6.05. The van der Waals surface area contributed by atoms with E-state index in [4.69, 9.17) is 4.74 Å². The summed E-state index contributed by atoms with van der Waals surface area (Å²) in [6.45, 7) is 8.10. The highest BCUT2D eigenvalue weighted by atomic mass is 32.1. The Morgan fingerprint density at radius 1 is 1.18 bits per heavy atom. The summed E-state index contributed by atoms with van der Waals surface area (Å²) in [6.07, 6.45) is 3.31. The molecule has 3 heterocycles. The maximum Gasteiger partial charge on any atom is 0.276 e. The molecule has 0 atom stereocenters. The number of ether oxygens (including phenoxy) is 1. The number of nitrogens with zero attached hydrogens (tertiary/aromatic N) is 4. The van der Waals surface area contributed by atoms with E-state index in [-0.39, 0.29) is 24.3 Å². The van der Waals surface area contributed by atoms with E-state index in [9.17, 15) is 9.59 Å². The van der Waals surface area contributed by atoms with Crippen LogP contribution >= 0.6 is 11.3 Å². The highest BCUT2D eigenvalue weighted by molar-refractivity contribution is 7.10. The van der Waals surface area contributed by atoms with Crippen LogP contribution in [0.2, 0.25) is 0 Å². The van der Waals surface area contributed by atoms with Crippen LogP contribution in [0.1, 0.15) is 52.3 Å². The van der Waals surface area contributed by atoms with Gasteiger partial charge in [0.25, 0.3) is 11.8 Å². The minimum absolute atomic E-state index is 0.00146. The minimum atomic E-state index is -0.233. The largest absolute Gasteiger partial charge is 0.484 e. The zero-order valence-electron chi connectivity index (χ0n) is 19.2. The van der Waals surface area contributed by atoms with Crippen LogP contribution in [-0.4, -0.2) is 51.2 Å². The molecule has 2 aromatic heterocycles. The van der Waals surface area contributed by atoms with Crippen molar-refractivity contribution in [2.24, 2.45) is 0 Å². The first kappa shape index (κ1) is 23.0. The molecule has 4 rings (SSSR count). The topological polar surface area (TPSA) is 89.4 Å². The fourth-order valence-electron chi connectivity index (χ4n) is 3.87. The number of benzene rings is 1. The Balaban J connectivity index is 1.27. The van der Waals surface area contributed by atoms with Crippen molar-refractivity contribution in [2.75, 3.05) is 25.0 Å². The number of nitrogens with one attached hydrogen (secondary N) is 1. The summed E-state index contributed by atoms with van der Waals surface area (Å²) in [7, 11) is 0. The third kappa shape index (κ3) is 5.42. The minimum Gasteiger partial charge on any atom is -0.484 e. The highest BCUT2D eigenvalue weighted by Crippen LogP contribution is 2.30. The van der Waals surface area contributed by atoms with E-state index in [0.717, 1.165) is 29.2 Å². The number of carbonyl (C=O) groups is 2. The number of hydrogen-bond donors (Lipinski definition) is 1. The Labute approximate surface area is 197 Å². The Bertz CT molecular complexity index is 1130. The number of thiazole rings is 1. The lowest BCUT2D eigenvalue weighted by Gasteiger charge is -2.31. The van der Waals surface area contributed by atoms with Gasteiger partial charge in [-0.15, -0.1) is 11.3 Å². The number of anilines is 1. The van der Waals surface area contributed by atoms with Crippen LogP contribution in [0.25, 0.3) is 0 Å². The molecule has 0 saturated carbocycles. The summed E-state index contributed by atoms with van der Waals surface area (Å²) in [4.78, 5) is 31.6. The van der Waals surface area contributed by atoms with Crippen LogP contribution in [0.3, 0.4) is 0 Å². The molecule has 174 valence electrons. The van der Waals surface area contributed by atoms with E-state index in [2.05, 4.69) is 15.4 Å². The van der Waals surface area contributed by atoms with Crippen LogP contribution in [0, 0.1) is 13.8 Å². The summed E-state index contributed by atoms with van der Waals surface area (Å²) in [5, 5.41) is 9.78. The van der Waals surface area contributed by atoms with E-state index in [1.54, 1.807) is 22.3 Å². The fraction of sp³-hybridized carbons (Fsp3) is 0.417. The average molecular weight is 468 g/mol. The number of aryl methyl sites for hydroxylation is 3. The maximum absolute atomic E-state index is 12.6. The predicted molar refractivity (Wildman–Crippen MR) is 128 cm³/mol. The van der Waals surface area contributed by atoms with E-state index in [0.29, 0.717) is 31.1 Å². The van der Waals surface area contributed by atoms with Crippen LogP contribution in [0.4, 0.5) is 5.82 Å². The zero-order chi connectivity index (χ0) is 23.4. The summed E-state index contributed by atoms with van der Waals surface area (Å²) >= 11 is 1.50. The van der Waals surface area contributed by atoms with Crippen LogP contribution in [0.5, 0.6) is 5.75 Å². The Kier molecular flexibility index (Phi) is 7.08. The maximum atomic E-state index is 12.6. The molecule has 0 spiro atoms. The number of aromatic nitrogens is 3. The lowest BCUT2D eigenvalue weighted by molar-refractivity contribution is -0.134. The number of carbonyl (C=O) groups excluding carboxylic acids is 2. The molecule has 1 aromatic carbocycles. The Morgan fingerprint density at radius 2 is 1.97 bits per heavy atom. The van der Waals surface area contributed by atoms with Gasteiger partial charge in [0, 0.05) is 37.0 Å². The zero-order valence-corrected chi connectivity index (χ0v) is 20.0. The molecular weight excluding hydrogens is 438 g/mol. The molecule has 1 aliphatic rings. The first-order valence-corrected chi connectivity index (χ1v) is 12.1. The molecule has 1 N–H and O–H groups in total. The SMILES string of the molecule is CCn1nccc1NC(=O)c1csc(C2CCN(C(=O)COc3ccc(C)c(C)c3)CC2)n1. The lowest BCUT2D eigenvalue weighted by atomic mass is 9.97. The number of hydrogen-bond acceptors (Lipinski definition) is 6. The van der Waals surface area contributed by atoms with Crippen molar-refractivity contribution in [3.05, 3.63) is 57.7 Å². The van der Waals surface area contributed by atoms with Crippen molar-refractivity contribution in [1.29, 1.82) is 0 Å². The molecule has 1 aliphatic heterocycles. The van der Waals surface area contributed by atoms with Gasteiger partial charge in [0.2, 0.25) is 0 Å². The highest BCUT2D eigenvalue weighted by Gasteiger charge is 2.26. The quantitative estimate of drug-likeness (QED) is 0.567. The molecule has 3 aromatic rings. The summed E-state index contributed by atoms with van der Waals surface area (Å²) in [5.41, 5.74) is 2.76. The second-order valence-electron chi connectivity index (χ2n) is 8.25. The Morgan fingerprint density at radius 3 is 2.70 bits per heavy atom. The first-order chi connectivity index (χ1) is 15.9. The number of amides is 2. The van der Waals surface area contributed by atoms with Gasteiger partial charge in [-0.1, -0.05) is 6.07 Å². The number of likely N-dealkylation sites (tertiary alicyclic amines) is 1. The van der Waals surface area contributed by atoms with Crippen LogP contribution in [0.15, 0.2) is 35.8 Å². The third-order valence-corrected chi connectivity index (χ3v) is 7.06. The molecule has 33 heavy (non-hydrogen) atoms. The van der Waals surface area contributed by atoms with E-state index in [1.807, 2.05) is 43.9 Å². The lowest BCUT2D eigenvalue weighted by Crippen LogP contribution is -2.40. The smallest absolute Gasteiger partial charge is 0.276 e. The molecule has 2 amide bonds. The van der Waals surface area contributed by atoms with Crippen molar-refractivity contribution >= 4 is 29.0 Å². The summed E-state index contributed by atoms with van der Waals surface area (Å²) in [5.74, 6) is 1.40. The van der Waals surface area contributed by atoms with Crippen molar-refractivity contribution in [3.8, 4) is 5.75 Å². The van der Waals surface area contributed by atoms with Gasteiger partial charge in [0.05, 0.1) is 11.2 Å². The monoisotopic (exact) mass is 467 g/mol. The molecular formula is C24H29N5O3S. The van der Waals surface area contributed by atoms with Gasteiger partial charge in [-0.3, -0.25) is 9.59 Å². The van der Waals surface area contributed by atoms with E-state index < -0.39 is 0 Å². The van der Waals surface area contributed by atoms with Gasteiger partial charge in [0.15, 0.2) is 6.61 Å². The van der Waals surface area contributed by atoms with Gasteiger partial charge in [-0.25, -0.2) is 9.67 Å². The van der Waals surface area contributed by atoms with Crippen LogP contribution in [-0.2, 0) is 11.3 Å². The van der Waals surface area contributed by atoms with Gasteiger partial charge >= 0.3 is 0 Å². The normalized spacial score (nSPS) is 14.3. The molecule has 1 fully saturated rings. The summed E-state index contributed by atoms with van der Waals surface area (Å²) < 4.78 is 7.43. The molecule has 8 nitrogen and oxygen atoms in total. The van der Waals surface area contributed by atoms with Gasteiger partial charge < -0.3 is 15.0 Å². The van der Waals surface area contributed by atoms with Gasteiger partial charge in [-0.05, 0) is 56.9 Å². The van der Waals surface area contributed by atoms with E-state index in [1.165, 1.54) is 16.9 Å².